The Labute approximate surface area is 70.9 Å². The van der Waals surface area contributed by atoms with Gasteiger partial charge in [-0.3, -0.25) is 0 Å². The van der Waals surface area contributed by atoms with Gasteiger partial charge < -0.3 is 4.74 Å². The van der Waals surface area contributed by atoms with Crippen molar-refractivity contribution in [1.82, 2.24) is 0 Å². The van der Waals surface area contributed by atoms with Gasteiger partial charge >= 0.3 is 0 Å². The standard InChI is InChI=1S/C8H10ClNO/c9-8-5-7(3-4-10-8)11-6-1-2-6/h3-4,6-7H,1-2,5H2. The number of aliphatic imine (C=N–C) groups is 1. The van der Waals surface area contributed by atoms with Gasteiger partial charge in [-0.15, -0.1) is 0 Å². The molecule has 1 saturated carbocycles. The van der Waals surface area contributed by atoms with Gasteiger partial charge in [0.15, 0.2) is 0 Å². The zero-order valence-corrected chi connectivity index (χ0v) is 6.92. The van der Waals surface area contributed by atoms with E-state index in [0.29, 0.717) is 11.3 Å². The number of hydrogen-bond donors (Lipinski definition) is 0. The summed E-state index contributed by atoms with van der Waals surface area (Å²) in [5, 5.41) is 0.651. The van der Waals surface area contributed by atoms with E-state index in [9.17, 15) is 0 Å². The van der Waals surface area contributed by atoms with Gasteiger partial charge in [0, 0.05) is 12.6 Å². The molecule has 0 aromatic heterocycles. The summed E-state index contributed by atoms with van der Waals surface area (Å²) in [4.78, 5) is 3.93. The molecule has 11 heavy (non-hydrogen) atoms. The first kappa shape index (κ1) is 7.32. The quantitative estimate of drug-likeness (QED) is 0.624. The van der Waals surface area contributed by atoms with Crippen LogP contribution in [0.3, 0.4) is 0 Å². The van der Waals surface area contributed by atoms with Crippen molar-refractivity contribution in [1.29, 1.82) is 0 Å². The minimum atomic E-state index is 0.174. The SMILES string of the molecule is ClC1=NC=CC(OC2CC2)C1. The molecule has 0 aromatic rings. The van der Waals surface area contributed by atoms with E-state index in [2.05, 4.69) is 4.99 Å². The molecule has 1 fully saturated rings. The van der Waals surface area contributed by atoms with Crippen molar-refractivity contribution in [3.05, 3.63) is 12.3 Å². The van der Waals surface area contributed by atoms with Gasteiger partial charge in [-0.25, -0.2) is 4.99 Å². The fourth-order valence-electron chi connectivity index (χ4n) is 1.05. The zero-order valence-electron chi connectivity index (χ0n) is 6.16. The molecular formula is C8H10ClNO. The Balaban J connectivity index is 1.86. The zero-order chi connectivity index (χ0) is 7.68. The molecule has 0 spiro atoms. The molecule has 0 N–H and O–H groups in total. The van der Waals surface area contributed by atoms with E-state index in [-0.39, 0.29) is 6.10 Å². The molecular weight excluding hydrogens is 162 g/mol. The van der Waals surface area contributed by atoms with Crippen LogP contribution in [0.5, 0.6) is 0 Å². The average Bonchev–Trinajstić information content (AvgIpc) is 2.71. The van der Waals surface area contributed by atoms with Gasteiger partial charge in [0.1, 0.15) is 5.17 Å². The number of halogens is 1. The van der Waals surface area contributed by atoms with Gasteiger partial charge in [0.2, 0.25) is 0 Å². The molecule has 1 heterocycles. The van der Waals surface area contributed by atoms with Crippen molar-refractivity contribution in [2.24, 2.45) is 4.99 Å². The molecule has 1 aliphatic heterocycles. The van der Waals surface area contributed by atoms with E-state index < -0.39 is 0 Å². The second-order valence-electron chi connectivity index (χ2n) is 2.92. The Morgan fingerprint density at radius 1 is 1.55 bits per heavy atom. The van der Waals surface area contributed by atoms with Crippen LogP contribution >= 0.6 is 11.6 Å². The number of rotatable bonds is 2. The molecule has 0 bridgehead atoms. The van der Waals surface area contributed by atoms with Crippen molar-refractivity contribution in [2.75, 3.05) is 0 Å². The van der Waals surface area contributed by atoms with Crippen LogP contribution in [-0.2, 0) is 4.74 Å². The summed E-state index contributed by atoms with van der Waals surface area (Å²) >= 11 is 5.73. The highest BCUT2D eigenvalue weighted by Gasteiger charge is 2.26. The van der Waals surface area contributed by atoms with Gasteiger partial charge in [-0.05, 0) is 18.9 Å². The highest BCUT2D eigenvalue weighted by molar-refractivity contribution is 6.65. The molecule has 2 rings (SSSR count). The Hall–Kier alpha value is -0.340. The van der Waals surface area contributed by atoms with E-state index in [4.69, 9.17) is 16.3 Å². The Morgan fingerprint density at radius 3 is 3.00 bits per heavy atom. The third kappa shape index (κ3) is 2.04. The van der Waals surface area contributed by atoms with E-state index >= 15 is 0 Å². The lowest BCUT2D eigenvalue weighted by Crippen LogP contribution is -2.16. The van der Waals surface area contributed by atoms with Gasteiger partial charge in [-0.1, -0.05) is 11.6 Å². The number of ether oxygens (including phenoxy) is 1. The van der Waals surface area contributed by atoms with E-state index in [0.717, 1.165) is 6.42 Å². The molecule has 0 amide bonds. The largest absolute Gasteiger partial charge is 0.370 e. The molecule has 0 radical (unpaired) electrons. The van der Waals surface area contributed by atoms with Gasteiger partial charge in [0.25, 0.3) is 0 Å². The van der Waals surface area contributed by atoms with Crippen molar-refractivity contribution in [3.63, 3.8) is 0 Å². The number of nitrogens with zero attached hydrogens (tertiary/aromatic N) is 1. The van der Waals surface area contributed by atoms with Crippen LogP contribution in [-0.4, -0.2) is 17.4 Å². The first-order valence-corrected chi connectivity index (χ1v) is 4.27. The predicted molar refractivity (Wildman–Crippen MR) is 44.9 cm³/mol. The Morgan fingerprint density at radius 2 is 2.36 bits per heavy atom. The van der Waals surface area contributed by atoms with Crippen molar-refractivity contribution in [3.8, 4) is 0 Å². The summed E-state index contributed by atoms with van der Waals surface area (Å²) in [5.41, 5.74) is 0. The monoisotopic (exact) mass is 171 g/mol. The molecule has 1 atom stereocenters. The molecule has 0 aromatic carbocycles. The van der Waals surface area contributed by atoms with Crippen LogP contribution in [0.1, 0.15) is 19.3 Å². The highest BCUT2D eigenvalue weighted by Crippen LogP contribution is 2.27. The molecule has 0 saturated heterocycles. The maximum atomic E-state index is 5.73. The summed E-state index contributed by atoms with van der Waals surface area (Å²) in [6, 6.07) is 0. The smallest absolute Gasteiger partial charge is 0.109 e. The minimum absolute atomic E-state index is 0.174. The molecule has 60 valence electrons. The summed E-state index contributed by atoms with van der Waals surface area (Å²) in [7, 11) is 0. The van der Waals surface area contributed by atoms with E-state index in [1.54, 1.807) is 6.20 Å². The third-order valence-corrected chi connectivity index (χ3v) is 2.03. The van der Waals surface area contributed by atoms with Crippen LogP contribution in [0.25, 0.3) is 0 Å². The summed E-state index contributed by atoms with van der Waals surface area (Å²) in [6.07, 6.45) is 7.51. The lowest BCUT2D eigenvalue weighted by atomic mass is 10.2. The molecule has 1 aliphatic carbocycles. The minimum Gasteiger partial charge on any atom is -0.370 e. The maximum Gasteiger partial charge on any atom is 0.109 e. The van der Waals surface area contributed by atoms with Crippen LogP contribution in [0.15, 0.2) is 17.3 Å². The van der Waals surface area contributed by atoms with Crippen molar-refractivity contribution >= 4 is 16.8 Å². The van der Waals surface area contributed by atoms with E-state index in [1.807, 2.05) is 6.08 Å². The van der Waals surface area contributed by atoms with E-state index in [1.165, 1.54) is 12.8 Å². The predicted octanol–water partition coefficient (Wildman–Crippen LogP) is 2.09. The molecule has 1 unspecified atom stereocenters. The second kappa shape index (κ2) is 2.95. The van der Waals surface area contributed by atoms with Gasteiger partial charge in [-0.2, -0.15) is 0 Å². The molecule has 2 aliphatic rings. The highest BCUT2D eigenvalue weighted by atomic mass is 35.5. The first-order valence-electron chi connectivity index (χ1n) is 3.89. The topological polar surface area (TPSA) is 21.6 Å². The Bertz CT molecular complexity index is 208. The van der Waals surface area contributed by atoms with Crippen LogP contribution in [0.4, 0.5) is 0 Å². The Kier molecular flexibility index (Phi) is 1.96. The van der Waals surface area contributed by atoms with Crippen molar-refractivity contribution < 1.29 is 4.74 Å². The number of hydrogen-bond acceptors (Lipinski definition) is 2. The summed E-state index contributed by atoms with van der Waals surface area (Å²) in [6.45, 7) is 0. The maximum absolute atomic E-state index is 5.73. The molecule has 3 heteroatoms. The lowest BCUT2D eigenvalue weighted by molar-refractivity contribution is 0.0754. The summed E-state index contributed by atoms with van der Waals surface area (Å²) < 4.78 is 5.62. The first-order chi connectivity index (χ1) is 5.34. The fraction of sp³-hybridized carbons (Fsp3) is 0.625. The van der Waals surface area contributed by atoms with Crippen molar-refractivity contribution in [2.45, 2.75) is 31.5 Å². The van der Waals surface area contributed by atoms with Gasteiger partial charge in [0.05, 0.1) is 12.2 Å². The third-order valence-electron chi connectivity index (χ3n) is 1.78. The summed E-state index contributed by atoms with van der Waals surface area (Å²) in [5.74, 6) is 0. The normalized spacial score (nSPS) is 30.3. The van der Waals surface area contributed by atoms with Crippen LogP contribution in [0, 0.1) is 0 Å². The average molecular weight is 172 g/mol. The lowest BCUT2D eigenvalue weighted by Gasteiger charge is -2.14. The fourth-order valence-corrected chi connectivity index (χ4v) is 1.26. The second-order valence-corrected chi connectivity index (χ2v) is 3.36. The molecule has 2 nitrogen and oxygen atoms in total. The van der Waals surface area contributed by atoms with Crippen LogP contribution < -0.4 is 0 Å². The van der Waals surface area contributed by atoms with Crippen LogP contribution in [0.2, 0.25) is 0 Å².